The predicted molar refractivity (Wildman–Crippen MR) is 161 cm³/mol. The van der Waals surface area contributed by atoms with Crippen molar-refractivity contribution in [2.24, 2.45) is 5.41 Å². The Morgan fingerprint density at radius 1 is 0.689 bits per heavy atom. The molecule has 2 atom stereocenters. The molecule has 16 nitrogen and oxygen atoms in total. The number of carbonyl (C=O) groups is 4. The highest BCUT2D eigenvalue weighted by Gasteiger charge is 2.33. The van der Waals surface area contributed by atoms with Crippen molar-refractivity contribution in [3.8, 4) is 0 Å². The Balaban J connectivity index is 0.000000884. The number of benzene rings is 1. The Morgan fingerprint density at radius 3 is 1.42 bits per heavy atom. The largest absolute Gasteiger partial charge is 0.425 e. The highest BCUT2D eigenvalue weighted by molar-refractivity contribution is 7.86. The summed E-state index contributed by atoms with van der Waals surface area (Å²) in [5, 5.41) is 4.57. The van der Waals surface area contributed by atoms with E-state index >= 15 is 0 Å². The lowest BCUT2D eigenvalue weighted by molar-refractivity contribution is -0.174. The number of esters is 2. The minimum Gasteiger partial charge on any atom is -0.425 e. The van der Waals surface area contributed by atoms with Gasteiger partial charge in [-0.05, 0) is 53.0 Å². The van der Waals surface area contributed by atoms with Gasteiger partial charge in [0, 0.05) is 26.9 Å². The molecule has 0 bridgehead atoms. The SMILES string of the molecule is CC(OC(=O)NCCCS(=O)(=O)O)OC(=O)C(C)(C)C.CC(OC(=O)NCCCS(=O)(=O)O)OC(=O)C(C)(C)c1ccccc1. The van der Waals surface area contributed by atoms with Crippen molar-refractivity contribution < 1.29 is 64.1 Å². The molecule has 1 rings (SSSR count). The minimum absolute atomic E-state index is 0.00516. The molecule has 1 aromatic rings. The summed E-state index contributed by atoms with van der Waals surface area (Å²) in [7, 11) is -8.10. The highest BCUT2D eigenvalue weighted by Crippen LogP contribution is 2.25. The molecule has 0 saturated heterocycles. The van der Waals surface area contributed by atoms with E-state index in [1.54, 1.807) is 46.8 Å². The zero-order valence-corrected chi connectivity index (χ0v) is 28.0. The van der Waals surface area contributed by atoms with E-state index in [4.69, 9.17) is 28.1 Å². The van der Waals surface area contributed by atoms with E-state index in [1.165, 1.54) is 13.8 Å². The van der Waals surface area contributed by atoms with Crippen molar-refractivity contribution in [1.29, 1.82) is 0 Å². The van der Waals surface area contributed by atoms with Crippen LogP contribution in [-0.2, 0) is 54.2 Å². The first-order valence-electron chi connectivity index (χ1n) is 13.7. The average molecular weight is 685 g/mol. The summed E-state index contributed by atoms with van der Waals surface area (Å²) >= 11 is 0. The van der Waals surface area contributed by atoms with Crippen LogP contribution < -0.4 is 10.6 Å². The van der Waals surface area contributed by atoms with E-state index in [1.807, 2.05) is 18.2 Å². The smallest absolute Gasteiger partial charge is 0.410 e. The number of hydrogen-bond acceptors (Lipinski definition) is 12. The van der Waals surface area contributed by atoms with Crippen LogP contribution in [0.2, 0.25) is 0 Å². The van der Waals surface area contributed by atoms with Gasteiger partial charge in [-0.25, -0.2) is 9.59 Å². The summed E-state index contributed by atoms with van der Waals surface area (Å²) in [6, 6.07) is 9.06. The third kappa shape index (κ3) is 20.2. The van der Waals surface area contributed by atoms with Gasteiger partial charge in [-0.2, -0.15) is 16.8 Å². The van der Waals surface area contributed by atoms with Crippen LogP contribution in [0.15, 0.2) is 30.3 Å². The third-order valence-electron chi connectivity index (χ3n) is 5.41. The lowest BCUT2D eigenvalue weighted by Gasteiger charge is -2.25. The molecule has 2 amide bonds. The number of nitrogens with one attached hydrogen (secondary N) is 2. The Morgan fingerprint density at radius 2 is 1.07 bits per heavy atom. The van der Waals surface area contributed by atoms with E-state index in [-0.39, 0.29) is 25.9 Å². The van der Waals surface area contributed by atoms with Gasteiger partial charge in [0.15, 0.2) is 0 Å². The van der Waals surface area contributed by atoms with Crippen molar-refractivity contribution in [3.05, 3.63) is 35.9 Å². The fourth-order valence-electron chi connectivity index (χ4n) is 2.92. The van der Waals surface area contributed by atoms with Gasteiger partial charge in [0.2, 0.25) is 12.6 Å². The molecule has 2 unspecified atom stereocenters. The minimum atomic E-state index is -4.07. The van der Waals surface area contributed by atoms with Gasteiger partial charge in [0.25, 0.3) is 20.2 Å². The van der Waals surface area contributed by atoms with Gasteiger partial charge in [-0.15, -0.1) is 0 Å². The molecule has 0 heterocycles. The van der Waals surface area contributed by atoms with Crippen LogP contribution in [0.1, 0.15) is 66.9 Å². The Bertz CT molecular complexity index is 1320. The first-order valence-corrected chi connectivity index (χ1v) is 16.9. The maximum atomic E-state index is 12.3. The van der Waals surface area contributed by atoms with Crippen LogP contribution in [0.4, 0.5) is 9.59 Å². The van der Waals surface area contributed by atoms with Crippen LogP contribution >= 0.6 is 0 Å². The fraction of sp³-hybridized carbons (Fsp3) is 0.630. The quantitative estimate of drug-likeness (QED) is 0.0954. The molecule has 0 aliphatic heterocycles. The number of hydrogen-bond donors (Lipinski definition) is 4. The summed E-state index contributed by atoms with van der Waals surface area (Å²) in [6.07, 6.45) is -3.78. The van der Waals surface area contributed by atoms with Crippen LogP contribution in [-0.4, -0.2) is 87.2 Å². The second kappa shape index (κ2) is 18.5. The van der Waals surface area contributed by atoms with Crippen molar-refractivity contribution in [1.82, 2.24) is 10.6 Å². The van der Waals surface area contributed by atoms with Gasteiger partial charge >= 0.3 is 24.1 Å². The van der Waals surface area contributed by atoms with Gasteiger partial charge in [-0.1, -0.05) is 30.3 Å². The molecule has 0 aromatic heterocycles. The molecule has 18 heteroatoms. The zero-order valence-electron chi connectivity index (χ0n) is 26.4. The van der Waals surface area contributed by atoms with Gasteiger partial charge in [0.05, 0.1) is 22.3 Å². The maximum Gasteiger partial charge on any atom is 0.410 e. The number of rotatable bonds is 14. The highest BCUT2D eigenvalue weighted by atomic mass is 32.2. The third-order valence-corrected chi connectivity index (χ3v) is 7.02. The lowest BCUT2D eigenvalue weighted by atomic mass is 9.85. The van der Waals surface area contributed by atoms with E-state index in [0.717, 1.165) is 5.56 Å². The number of ether oxygens (including phenoxy) is 4. The topological polar surface area (TPSA) is 238 Å². The second-order valence-electron chi connectivity index (χ2n) is 11.1. The Hall–Kier alpha value is -3.48. The predicted octanol–water partition coefficient (Wildman–Crippen LogP) is 2.78. The zero-order chi connectivity index (χ0) is 35.1. The Kier molecular flexibility index (Phi) is 17.1. The summed E-state index contributed by atoms with van der Waals surface area (Å²) in [5.74, 6) is -1.99. The summed E-state index contributed by atoms with van der Waals surface area (Å²) < 4.78 is 78.6. The average Bonchev–Trinajstić information content (AvgIpc) is 2.88. The van der Waals surface area contributed by atoms with Crippen LogP contribution in [0.3, 0.4) is 0 Å². The summed E-state index contributed by atoms with van der Waals surface area (Å²) in [5.41, 5.74) is -0.851. The fourth-order valence-corrected chi connectivity index (χ4v) is 3.94. The van der Waals surface area contributed by atoms with E-state index in [2.05, 4.69) is 10.6 Å². The summed E-state index contributed by atoms with van der Waals surface area (Å²) in [6.45, 7) is 11.2. The van der Waals surface area contributed by atoms with Gasteiger partial charge in [0.1, 0.15) is 0 Å². The second-order valence-corrected chi connectivity index (χ2v) is 14.3. The molecule has 258 valence electrons. The number of amides is 2. The van der Waals surface area contributed by atoms with E-state index < -0.39 is 79.3 Å². The standard InChI is InChI=1S/C16H23NO7S.C11H21NO7S/c1-12(24-15(19)17-10-7-11-25(20,21)22)23-14(18)16(2,3)13-8-5-4-6-9-13;1-8(18-9(13)11(2,3)4)19-10(14)12-6-5-7-20(15,16)17/h4-6,8-9,12H,7,10-11H2,1-3H3,(H,17,19)(H,20,21,22);8H,5-7H2,1-4H3,(H,12,14)(H,15,16,17). The molecular weight excluding hydrogens is 640 g/mol. The van der Waals surface area contributed by atoms with Crippen molar-refractivity contribution >= 4 is 44.4 Å². The van der Waals surface area contributed by atoms with Gasteiger partial charge < -0.3 is 29.6 Å². The van der Waals surface area contributed by atoms with Crippen LogP contribution in [0.5, 0.6) is 0 Å². The number of carbonyl (C=O) groups excluding carboxylic acids is 4. The first-order chi connectivity index (χ1) is 20.4. The molecule has 0 aliphatic carbocycles. The van der Waals surface area contributed by atoms with Crippen molar-refractivity contribution in [2.75, 3.05) is 24.6 Å². The van der Waals surface area contributed by atoms with Gasteiger partial charge in [-0.3, -0.25) is 18.7 Å². The molecular formula is C27H44N2O14S2. The normalized spacial score (nSPS) is 13.2. The molecule has 0 spiro atoms. The summed E-state index contributed by atoms with van der Waals surface area (Å²) in [4.78, 5) is 46.6. The monoisotopic (exact) mass is 684 g/mol. The van der Waals surface area contributed by atoms with Crippen molar-refractivity contribution in [2.45, 2.75) is 79.3 Å². The van der Waals surface area contributed by atoms with Crippen LogP contribution in [0, 0.1) is 5.41 Å². The maximum absolute atomic E-state index is 12.3. The molecule has 45 heavy (non-hydrogen) atoms. The molecule has 4 N–H and O–H groups in total. The van der Waals surface area contributed by atoms with Crippen LogP contribution in [0.25, 0.3) is 0 Å². The Labute approximate surface area is 264 Å². The number of alkyl carbamates (subject to hydrolysis) is 2. The molecule has 0 fully saturated rings. The molecule has 0 aliphatic rings. The molecule has 1 aromatic carbocycles. The van der Waals surface area contributed by atoms with E-state index in [0.29, 0.717) is 0 Å². The van der Waals surface area contributed by atoms with E-state index in [9.17, 15) is 36.0 Å². The molecule has 0 radical (unpaired) electrons. The lowest BCUT2D eigenvalue weighted by Crippen LogP contribution is -2.36. The van der Waals surface area contributed by atoms with Crippen molar-refractivity contribution in [3.63, 3.8) is 0 Å². The first kappa shape index (κ1) is 41.5. The molecule has 0 saturated carbocycles.